The number of rotatable bonds is 44. The van der Waals surface area contributed by atoms with Crippen molar-refractivity contribution in [3.8, 4) is 0 Å². The highest BCUT2D eigenvalue weighted by atomic mass is 16.6. The Morgan fingerprint density at radius 3 is 1.20 bits per heavy atom. The zero-order valence-corrected chi connectivity index (χ0v) is 39.2. The molecular weight excluding hydrogens is 741 g/mol. The van der Waals surface area contributed by atoms with Gasteiger partial charge in [0.2, 0.25) is 0 Å². The summed E-state index contributed by atoms with van der Waals surface area (Å²) in [7, 11) is 0. The molecule has 5 nitrogen and oxygen atoms in total. The van der Waals surface area contributed by atoms with Crippen LogP contribution in [-0.4, -0.2) is 37.9 Å². The molecule has 1 atom stereocenters. The summed E-state index contributed by atoms with van der Waals surface area (Å²) in [5, 5.41) is 0. The minimum absolute atomic E-state index is 0.0475. The summed E-state index contributed by atoms with van der Waals surface area (Å²) in [6.45, 7) is 7.43. The molecule has 0 aliphatic carbocycles. The third-order valence-electron chi connectivity index (χ3n) is 10.1. The van der Waals surface area contributed by atoms with Crippen molar-refractivity contribution < 1.29 is 23.8 Å². The lowest BCUT2D eigenvalue weighted by atomic mass is 10.0. The van der Waals surface area contributed by atoms with Crippen LogP contribution < -0.4 is 0 Å². The van der Waals surface area contributed by atoms with Gasteiger partial charge in [-0.05, 0) is 89.9 Å². The largest absolute Gasteiger partial charge is 0.462 e. The average molecular weight is 833 g/mol. The van der Waals surface area contributed by atoms with Crippen LogP contribution in [0.5, 0.6) is 0 Å². The fourth-order valence-electron chi connectivity index (χ4n) is 6.50. The maximum Gasteiger partial charge on any atom is 0.306 e. The van der Waals surface area contributed by atoms with Crippen molar-refractivity contribution in [3.05, 3.63) is 97.2 Å². The number of hydrogen-bond acceptors (Lipinski definition) is 5. The van der Waals surface area contributed by atoms with E-state index in [2.05, 4.69) is 118 Å². The van der Waals surface area contributed by atoms with Crippen LogP contribution in [-0.2, 0) is 23.8 Å². The molecule has 0 aliphatic rings. The minimum atomic E-state index is -0.577. The molecule has 0 aromatic rings. The molecule has 1 unspecified atom stereocenters. The zero-order valence-electron chi connectivity index (χ0n) is 39.2. The van der Waals surface area contributed by atoms with E-state index in [-0.39, 0.29) is 25.2 Å². The highest BCUT2D eigenvalue weighted by Crippen LogP contribution is 2.14. The van der Waals surface area contributed by atoms with Gasteiger partial charge in [-0.2, -0.15) is 0 Å². The fourth-order valence-corrected chi connectivity index (χ4v) is 6.50. The summed E-state index contributed by atoms with van der Waals surface area (Å²) < 4.78 is 17.3. The van der Waals surface area contributed by atoms with Crippen molar-refractivity contribution in [2.24, 2.45) is 0 Å². The van der Waals surface area contributed by atoms with Crippen LogP contribution in [0, 0.1) is 0 Å². The molecule has 0 bridgehead atoms. The molecule has 0 aromatic carbocycles. The maximum absolute atomic E-state index is 12.8. The topological polar surface area (TPSA) is 61.8 Å². The molecule has 0 heterocycles. The summed E-state index contributed by atoms with van der Waals surface area (Å²) in [5.74, 6) is -0.457. The van der Waals surface area contributed by atoms with Crippen molar-refractivity contribution in [1.82, 2.24) is 0 Å². The molecular formula is C55H92O5. The van der Waals surface area contributed by atoms with E-state index in [1.54, 1.807) is 0 Å². The highest BCUT2D eigenvalue weighted by molar-refractivity contribution is 5.70. The molecule has 0 saturated heterocycles. The molecule has 60 heavy (non-hydrogen) atoms. The third-order valence-corrected chi connectivity index (χ3v) is 10.1. The maximum atomic E-state index is 12.8. The second-order valence-electron chi connectivity index (χ2n) is 16.0. The summed E-state index contributed by atoms with van der Waals surface area (Å²) in [6, 6.07) is 0. The summed E-state index contributed by atoms with van der Waals surface area (Å²) >= 11 is 0. The zero-order chi connectivity index (χ0) is 43.5. The van der Waals surface area contributed by atoms with Gasteiger partial charge in [0.25, 0.3) is 0 Å². The molecule has 0 aliphatic heterocycles. The lowest BCUT2D eigenvalue weighted by molar-refractivity contribution is -0.163. The second kappa shape index (κ2) is 50.2. The van der Waals surface area contributed by atoms with Gasteiger partial charge in [-0.25, -0.2) is 0 Å². The van der Waals surface area contributed by atoms with E-state index < -0.39 is 6.10 Å². The summed E-state index contributed by atoms with van der Waals surface area (Å²) in [5.41, 5.74) is 0. The standard InChI is InChI=1S/C55H92O5/c1-4-7-10-13-16-19-22-25-27-28-29-31-33-36-39-42-45-48-54(56)59-52-53(51-58-50-47-44-41-38-35-32-26-23-20-17-14-11-8-5-2)60-55(57)49-46-43-40-37-34-30-24-21-18-15-12-9-6-3/h7-8,10-11,16-17,19-20,25-27,29,31-32,38,41,53H,4-6,9,12-15,18,21-24,28,30,33-37,39-40,42-52H2,1-3H3/b10-7-,11-8-,19-16-,20-17-,27-25-,31-29-,32-26-,41-38-. The van der Waals surface area contributed by atoms with E-state index in [0.717, 1.165) is 116 Å². The molecule has 0 aromatic heterocycles. The van der Waals surface area contributed by atoms with E-state index in [4.69, 9.17) is 14.2 Å². The van der Waals surface area contributed by atoms with Gasteiger partial charge < -0.3 is 14.2 Å². The van der Waals surface area contributed by atoms with Crippen molar-refractivity contribution >= 4 is 11.9 Å². The van der Waals surface area contributed by atoms with Crippen LogP contribution in [0.2, 0.25) is 0 Å². The number of carbonyl (C=O) groups is 2. The predicted octanol–water partition coefficient (Wildman–Crippen LogP) is 16.7. The Balaban J connectivity index is 4.39. The molecule has 0 spiro atoms. The molecule has 0 amide bonds. The van der Waals surface area contributed by atoms with Crippen LogP contribution in [0.4, 0.5) is 0 Å². The Bertz CT molecular complexity index is 1170. The SMILES string of the molecule is CC/C=C\C/C=C\C/C=C\C/C=C\CCCCCCC(=O)OCC(COCCC/C=C\C/C=C\C/C=C\C/C=C\CC)OC(=O)CCCCCCCCCCCCCCC. The van der Waals surface area contributed by atoms with Crippen molar-refractivity contribution in [3.63, 3.8) is 0 Å². The first kappa shape index (κ1) is 56.8. The van der Waals surface area contributed by atoms with Gasteiger partial charge in [0.1, 0.15) is 6.61 Å². The molecule has 0 fully saturated rings. The van der Waals surface area contributed by atoms with E-state index in [9.17, 15) is 9.59 Å². The number of hydrogen-bond donors (Lipinski definition) is 0. The normalized spacial score (nSPS) is 13.1. The highest BCUT2D eigenvalue weighted by Gasteiger charge is 2.17. The van der Waals surface area contributed by atoms with Gasteiger partial charge in [-0.1, -0.05) is 208 Å². The van der Waals surface area contributed by atoms with Gasteiger partial charge >= 0.3 is 11.9 Å². The Kier molecular flexibility index (Phi) is 47.5. The Morgan fingerprint density at radius 2 is 0.750 bits per heavy atom. The fraction of sp³-hybridized carbons (Fsp3) is 0.673. The lowest BCUT2D eigenvalue weighted by Gasteiger charge is -2.18. The first-order valence-electron chi connectivity index (χ1n) is 24.8. The van der Waals surface area contributed by atoms with E-state index in [1.165, 1.54) is 64.2 Å². The number of esters is 2. The van der Waals surface area contributed by atoms with Gasteiger partial charge in [-0.3, -0.25) is 9.59 Å². The molecule has 0 radical (unpaired) electrons. The van der Waals surface area contributed by atoms with Crippen LogP contribution in [0.1, 0.15) is 213 Å². The van der Waals surface area contributed by atoms with E-state index >= 15 is 0 Å². The van der Waals surface area contributed by atoms with Crippen LogP contribution in [0.25, 0.3) is 0 Å². The number of allylic oxidation sites excluding steroid dienone is 16. The monoisotopic (exact) mass is 833 g/mol. The van der Waals surface area contributed by atoms with Gasteiger partial charge in [0.15, 0.2) is 6.10 Å². The molecule has 5 heteroatoms. The molecule has 0 saturated carbocycles. The van der Waals surface area contributed by atoms with E-state index in [0.29, 0.717) is 19.4 Å². The van der Waals surface area contributed by atoms with Crippen LogP contribution in [0.3, 0.4) is 0 Å². The van der Waals surface area contributed by atoms with Crippen molar-refractivity contribution in [2.75, 3.05) is 19.8 Å². The van der Waals surface area contributed by atoms with Gasteiger partial charge in [-0.15, -0.1) is 0 Å². The molecule has 342 valence electrons. The van der Waals surface area contributed by atoms with Crippen LogP contribution >= 0.6 is 0 Å². The Labute approximate surface area is 371 Å². The van der Waals surface area contributed by atoms with Crippen molar-refractivity contribution in [2.45, 2.75) is 219 Å². The number of ether oxygens (including phenoxy) is 3. The van der Waals surface area contributed by atoms with Gasteiger partial charge in [0.05, 0.1) is 6.61 Å². The predicted molar refractivity (Wildman–Crippen MR) is 260 cm³/mol. The van der Waals surface area contributed by atoms with Crippen molar-refractivity contribution in [1.29, 1.82) is 0 Å². The van der Waals surface area contributed by atoms with Gasteiger partial charge in [0, 0.05) is 19.4 Å². The summed E-state index contributed by atoms with van der Waals surface area (Å²) in [4.78, 5) is 25.3. The third kappa shape index (κ3) is 47.5. The second-order valence-corrected chi connectivity index (χ2v) is 16.0. The number of carbonyl (C=O) groups excluding carboxylic acids is 2. The van der Waals surface area contributed by atoms with Crippen LogP contribution in [0.15, 0.2) is 97.2 Å². The first-order chi connectivity index (χ1) is 29.6. The molecule has 0 rings (SSSR count). The number of unbranched alkanes of at least 4 members (excludes halogenated alkanes) is 17. The summed E-state index contributed by atoms with van der Waals surface area (Å²) in [6.07, 6.45) is 67.1. The average Bonchev–Trinajstić information content (AvgIpc) is 3.25. The first-order valence-corrected chi connectivity index (χ1v) is 24.8. The quantitative estimate of drug-likeness (QED) is 0.0348. The lowest BCUT2D eigenvalue weighted by Crippen LogP contribution is -2.30. The van der Waals surface area contributed by atoms with E-state index in [1.807, 2.05) is 0 Å². The smallest absolute Gasteiger partial charge is 0.306 e. The molecule has 0 N–H and O–H groups in total. The Morgan fingerprint density at radius 1 is 0.383 bits per heavy atom. The minimum Gasteiger partial charge on any atom is -0.462 e. The Hall–Kier alpha value is -3.18.